The second-order valence-electron chi connectivity index (χ2n) is 5.81. The molecule has 92 valence electrons. The lowest BCUT2D eigenvalue weighted by molar-refractivity contribution is -0.131. The van der Waals surface area contributed by atoms with Crippen molar-refractivity contribution in [3.8, 4) is 0 Å². The highest BCUT2D eigenvalue weighted by atomic mass is 16.2. The summed E-state index contributed by atoms with van der Waals surface area (Å²) in [6.45, 7) is 7.65. The van der Waals surface area contributed by atoms with Crippen molar-refractivity contribution in [2.75, 3.05) is 26.2 Å². The monoisotopic (exact) mass is 225 g/mol. The van der Waals surface area contributed by atoms with Crippen LogP contribution in [-0.2, 0) is 4.79 Å². The Morgan fingerprint density at radius 3 is 2.50 bits per heavy atom. The van der Waals surface area contributed by atoms with Crippen molar-refractivity contribution in [2.24, 2.45) is 17.1 Å². The third-order valence-corrected chi connectivity index (χ3v) is 4.10. The molecular formula is C12H23N3O. The van der Waals surface area contributed by atoms with Crippen LogP contribution in [0, 0.1) is 11.3 Å². The molecule has 3 fully saturated rings. The van der Waals surface area contributed by atoms with E-state index < -0.39 is 5.41 Å². The number of carbonyl (C=O) groups excluding carboxylic acids is 1. The van der Waals surface area contributed by atoms with Gasteiger partial charge in [-0.05, 0) is 45.7 Å². The lowest BCUT2D eigenvalue weighted by Gasteiger charge is -2.45. The first-order valence-corrected chi connectivity index (χ1v) is 6.26. The number of nitrogens with two attached hydrogens (primary N) is 1. The van der Waals surface area contributed by atoms with Crippen LogP contribution in [0.1, 0.15) is 26.7 Å². The third-order valence-electron chi connectivity index (χ3n) is 4.10. The summed E-state index contributed by atoms with van der Waals surface area (Å²) in [5.74, 6) is 0.788. The normalized spacial score (nSPS) is 33.8. The van der Waals surface area contributed by atoms with Gasteiger partial charge in [-0.2, -0.15) is 0 Å². The highest BCUT2D eigenvalue weighted by molar-refractivity contribution is 5.82. The maximum atomic E-state index is 12.0. The topological polar surface area (TPSA) is 58.4 Å². The van der Waals surface area contributed by atoms with Crippen LogP contribution in [0.3, 0.4) is 0 Å². The fraction of sp³-hybridized carbons (Fsp3) is 0.917. The number of nitrogens with one attached hydrogen (secondary N) is 1. The Morgan fingerprint density at radius 2 is 2.06 bits per heavy atom. The second-order valence-corrected chi connectivity index (χ2v) is 5.81. The largest absolute Gasteiger partial charge is 0.351 e. The maximum Gasteiger partial charge on any atom is 0.227 e. The van der Waals surface area contributed by atoms with Gasteiger partial charge in [0.1, 0.15) is 0 Å². The summed E-state index contributed by atoms with van der Waals surface area (Å²) < 4.78 is 0. The Bertz CT molecular complexity index is 269. The van der Waals surface area contributed by atoms with Crippen molar-refractivity contribution in [3.63, 3.8) is 0 Å². The number of piperidine rings is 3. The molecule has 1 unspecified atom stereocenters. The van der Waals surface area contributed by atoms with Crippen molar-refractivity contribution < 1.29 is 4.79 Å². The van der Waals surface area contributed by atoms with Crippen molar-refractivity contribution in [3.05, 3.63) is 0 Å². The van der Waals surface area contributed by atoms with Gasteiger partial charge in [0.05, 0.1) is 5.41 Å². The van der Waals surface area contributed by atoms with Gasteiger partial charge < -0.3 is 16.0 Å². The number of fused-ring (bicyclic) bond motifs is 3. The first-order chi connectivity index (χ1) is 7.53. The van der Waals surface area contributed by atoms with Gasteiger partial charge >= 0.3 is 0 Å². The molecule has 0 aromatic rings. The first kappa shape index (κ1) is 11.9. The van der Waals surface area contributed by atoms with E-state index in [-0.39, 0.29) is 5.91 Å². The van der Waals surface area contributed by atoms with E-state index in [1.165, 1.54) is 25.9 Å². The molecule has 3 aliphatic rings. The molecule has 1 atom stereocenters. The molecule has 2 bridgehead atoms. The fourth-order valence-electron chi connectivity index (χ4n) is 2.59. The molecular weight excluding hydrogens is 202 g/mol. The highest BCUT2D eigenvalue weighted by Crippen LogP contribution is 2.28. The van der Waals surface area contributed by atoms with E-state index in [1.807, 2.05) is 13.8 Å². The van der Waals surface area contributed by atoms with E-state index in [0.29, 0.717) is 18.5 Å². The predicted molar refractivity (Wildman–Crippen MR) is 63.9 cm³/mol. The zero-order chi connectivity index (χ0) is 11.8. The zero-order valence-electron chi connectivity index (χ0n) is 10.3. The van der Waals surface area contributed by atoms with Crippen LogP contribution in [0.4, 0.5) is 0 Å². The molecule has 0 saturated carbocycles. The third kappa shape index (κ3) is 2.23. The van der Waals surface area contributed by atoms with Gasteiger partial charge in [-0.3, -0.25) is 4.79 Å². The van der Waals surface area contributed by atoms with Crippen molar-refractivity contribution in [1.82, 2.24) is 10.2 Å². The molecule has 0 radical (unpaired) electrons. The molecule has 4 heteroatoms. The van der Waals surface area contributed by atoms with Gasteiger partial charge in [-0.25, -0.2) is 0 Å². The smallest absolute Gasteiger partial charge is 0.227 e. The van der Waals surface area contributed by atoms with Crippen LogP contribution in [0.5, 0.6) is 0 Å². The van der Waals surface area contributed by atoms with Gasteiger partial charge in [0, 0.05) is 19.1 Å². The molecule has 0 aromatic heterocycles. The van der Waals surface area contributed by atoms with Crippen LogP contribution in [0.25, 0.3) is 0 Å². The Kier molecular flexibility index (Phi) is 3.22. The molecule has 3 rings (SSSR count). The molecule has 4 nitrogen and oxygen atoms in total. The van der Waals surface area contributed by atoms with Crippen LogP contribution in [-0.4, -0.2) is 43.0 Å². The Morgan fingerprint density at radius 1 is 1.44 bits per heavy atom. The highest BCUT2D eigenvalue weighted by Gasteiger charge is 2.37. The minimum Gasteiger partial charge on any atom is -0.351 e. The number of carbonyl (C=O) groups is 1. The average molecular weight is 225 g/mol. The summed E-state index contributed by atoms with van der Waals surface area (Å²) in [7, 11) is 0. The SMILES string of the molecule is CC(C)(CN)C(=O)NC1CN2CCC1CC2. The van der Waals surface area contributed by atoms with E-state index in [2.05, 4.69) is 10.2 Å². The lowest BCUT2D eigenvalue weighted by atomic mass is 9.83. The standard InChI is InChI=1S/C12H23N3O/c1-12(2,8-13)11(16)14-10-7-15-5-3-9(10)4-6-15/h9-10H,3-8,13H2,1-2H3,(H,14,16). The first-order valence-electron chi connectivity index (χ1n) is 6.26. The molecule has 0 aliphatic carbocycles. The Hall–Kier alpha value is -0.610. The quantitative estimate of drug-likeness (QED) is 0.720. The van der Waals surface area contributed by atoms with Crippen LogP contribution < -0.4 is 11.1 Å². The van der Waals surface area contributed by atoms with E-state index in [1.54, 1.807) is 0 Å². The summed E-state index contributed by atoms with van der Waals surface area (Å²) in [5.41, 5.74) is 5.18. The molecule has 0 spiro atoms. The summed E-state index contributed by atoms with van der Waals surface area (Å²) in [6.07, 6.45) is 2.46. The number of rotatable bonds is 3. The van der Waals surface area contributed by atoms with E-state index in [4.69, 9.17) is 5.73 Å². The number of hydrogen-bond acceptors (Lipinski definition) is 3. The second kappa shape index (κ2) is 4.34. The van der Waals surface area contributed by atoms with Gasteiger partial charge in [0.15, 0.2) is 0 Å². The lowest BCUT2D eigenvalue weighted by Crippen LogP contribution is -2.59. The summed E-state index contributed by atoms with van der Waals surface area (Å²) in [4.78, 5) is 14.5. The minimum atomic E-state index is -0.438. The van der Waals surface area contributed by atoms with Crippen LogP contribution >= 0.6 is 0 Å². The number of hydrogen-bond donors (Lipinski definition) is 2. The number of nitrogens with zero attached hydrogens (tertiary/aromatic N) is 1. The van der Waals surface area contributed by atoms with E-state index >= 15 is 0 Å². The molecule has 3 heterocycles. The van der Waals surface area contributed by atoms with Crippen LogP contribution in [0.15, 0.2) is 0 Å². The van der Waals surface area contributed by atoms with E-state index in [9.17, 15) is 4.79 Å². The van der Waals surface area contributed by atoms with Gasteiger partial charge in [-0.1, -0.05) is 0 Å². The summed E-state index contributed by atoms with van der Waals surface area (Å²) in [6, 6.07) is 0.348. The minimum absolute atomic E-state index is 0.105. The Labute approximate surface area is 97.6 Å². The summed E-state index contributed by atoms with van der Waals surface area (Å²) in [5, 5.41) is 3.18. The van der Waals surface area contributed by atoms with Crippen molar-refractivity contribution >= 4 is 5.91 Å². The number of amides is 1. The van der Waals surface area contributed by atoms with Gasteiger partial charge in [0.2, 0.25) is 5.91 Å². The average Bonchev–Trinajstić information content (AvgIpc) is 2.30. The Balaban J connectivity index is 1.93. The van der Waals surface area contributed by atoms with Crippen molar-refractivity contribution in [2.45, 2.75) is 32.7 Å². The van der Waals surface area contributed by atoms with Gasteiger partial charge in [0.25, 0.3) is 0 Å². The van der Waals surface area contributed by atoms with E-state index in [0.717, 1.165) is 6.54 Å². The van der Waals surface area contributed by atoms with Crippen LogP contribution in [0.2, 0.25) is 0 Å². The van der Waals surface area contributed by atoms with Crippen molar-refractivity contribution in [1.29, 1.82) is 0 Å². The maximum absolute atomic E-state index is 12.0. The fourth-order valence-corrected chi connectivity index (χ4v) is 2.59. The molecule has 16 heavy (non-hydrogen) atoms. The predicted octanol–water partition coefficient (Wildman–Crippen LogP) is 0.182. The zero-order valence-corrected chi connectivity index (χ0v) is 10.3. The molecule has 3 saturated heterocycles. The molecule has 3 aliphatic heterocycles. The van der Waals surface area contributed by atoms with Gasteiger partial charge in [-0.15, -0.1) is 0 Å². The molecule has 1 amide bonds. The summed E-state index contributed by atoms with van der Waals surface area (Å²) >= 11 is 0. The molecule has 3 N–H and O–H groups in total. The molecule has 0 aromatic carbocycles.